The monoisotopic (exact) mass is 525 g/mol. The molecule has 1 aliphatic heterocycles. The van der Waals surface area contributed by atoms with E-state index in [4.69, 9.17) is 15.2 Å². The highest BCUT2D eigenvalue weighted by atomic mass is 28.3. The van der Waals surface area contributed by atoms with Crippen LogP contribution in [0.25, 0.3) is 11.0 Å². The summed E-state index contributed by atoms with van der Waals surface area (Å²) >= 11 is 0. The molecule has 9 heteroatoms. The molecule has 1 aliphatic rings. The molecule has 0 radical (unpaired) electrons. The largest absolute Gasteiger partial charge is 0.463 e. The summed E-state index contributed by atoms with van der Waals surface area (Å²) in [6, 6.07) is 9.55. The van der Waals surface area contributed by atoms with Crippen LogP contribution in [0.15, 0.2) is 30.5 Å². The van der Waals surface area contributed by atoms with Crippen LogP contribution in [0.2, 0.25) is 25.7 Å². The van der Waals surface area contributed by atoms with Gasteiger partial charge in [0.05, 0.1) is 6.61 Å². The summed E-state index contributed by atoms with van der Waals surface area (Å²) in [5, 5.41) is 11.5. The quantitative estimate of drug-likeness (QED) is 0.234. The van der Waals surface area contributed by atoms with Crippen LogP contribution in [0.5, 0.6) is 6.01 Å². The number of nitrogens with two attached hydrogens (primary N) is 1. The van der Waals surface area contributed by atoms with Crippen molar-refractivity contribution in [1.29, 1.82) is 0 Å². The van der Waals surface area contributed by atoms with Crippen LogP contribution in [0, 0.1) is 0 Å². The molecular formula is C28H43N5O3Si. The molecule has 1 aromatic carbocycles. The molecule has 8 nitrogen and oxygen atoms in total. The van der Waals surface area contributed by atoms with Gasteiger partial charge in [0, 0.05) is 33.0 Å². The van der Waals surface area contributed by atoms with Crippen molar-refractivity contribution in [2.45, 2.75) is 77.7 Å². The van der Waals surface area contributed by atoms with E-state index in [0.717, 1.165) is 44.1 Å². The van der Waals surface area contributed by atoms with Crippen LogP contribution in [-0.4, -0.2) is 58.9 Å². The normalized spacial score (nSPS) is 15.5. The molecule has 3 heterocycles. The molecule has 202 valence electrons. The minimum absolute atomic E-state index is 0.241. The van der Waals surface area contributed by atoms with Gasteiger partial charge in [-0.25, -0.2) is 0 Å². The molecule has 0 amide bonds. The van der Waals surface area contributed by atoms with Crippen molar-refractivity contribution >= 4 is 24.9 Å². The van der Waals surface area contributed by atoms with Crippen LogP contribution < -0.4 is 10.5 Å². The summed E-state index contributed by atoms with van der Waals surface area (Å²) < 4.78 is 13.7. The molecule has 37 heavy (non-hydrogen) atoms. The van der Waals surface area contributed by atoms with Crippen LogP contribution >= 0.6 is 0 Å². The molecule has 0 saturated carbocycles. The van der Waals surface area contributed by atoms with E-state index in [1.165, 1.54) is 18.4 Å². The Balaban J connectivity index is 1.60. The number of hydrogen-bond acceptors (Lipinski definition) is 7. The van der Waals surface area contributed by atoms with E-state index in [9.17, 15) is 5.11 Å². The Morgan fingerprint density at radius 1 is 1.08 bits per heavy atom. The average molecular weight is 526 g/mol. The number of rotatable bonds is 13. The van der Waals surface area contributed by atoms with E-state index < -0.39 is 14.2 Å². The van der Waals surface area contributed by atoms with E-state index in [0.29, 0.717) is 42.4 Å². The highest BCUT2D eigenvalue weighted by Gasteiger charge is 2.23. The fraction of sp³-hybridized carbons (Fsp3) is 0.571. The Bertz CT molecular complexity index is 1150. The number of aromatic nitrogens is 3. The summed E-state index contributed by atoms with van der Waals surface area (Å²) in [6.45, 7) is 13.9. The Hall–Kier alpha value is -2.46. The van der Waals surface area contributed by atoms with Gasteiger partial charge in [0.15, 0.2) is 5.82 Å². The summed E-state index contributed by atoms with van der Waals surface area (Å²) in [7, 11) is -1.20. The van der Waals surface area contributed by atoms with Crippen LogP contribution in [0.3, 0.4) is 0 Å². The molecule has 2 aromatic heterocycles. The number of aliphatic hydroxyl groups excluding tert-OH is 1. The molecule has 1 atom stereocenters. The third-order valence-electron chi connectivity index (χ3n) is 6.90. The highest BCUT2D eigenvalue weighted by molar-refractivity contribution is 6.76. The van der Waals surface area contributed by atoms with E-state index in [-0.39, 0.29) is 6.01 Å². The van der Waals surface area contributed by atoms with Crippen molar-refractivity contribution in [3.05, 3.63) is 47.2 Å². The number of likely N-dealkylation sites (tertiary alicyclic amines) is 1. The number of anilines is 1. The van der Waals surface area contributed by atoms with Crippen LogP contribution in [0.4, 0.5) is 5.82 Å². The molecule has 0 aliphatic carbocycles. The van der Waals surface area contributed by atoms with E-state index >= 15 is 0 Å². The van der Waals surface area contributed by atoms with Crippen molar-refractivity contribution in [2.24, 2.45) is 0 Å². The van der Waals surface area contributed by atoms with Gasteiger partial charge in [0.2, 0.25) is 0 Å². The topological polar surface area (TPSA) is 98.7 Å². The average Bonchev–Trinajstić information content (AvgIpc) is 3.50. The summed E-state index contributed by atoms with van der Waals surface area (Å²) in [5.74, 6) is 0.324. The summed E-state index contributed by atoms with van der Waals surface area (Å²) in [6.07, 6.45) is 5.51. The van der Waals surface area contributed by atoms with Crippen molar-refractivity contribution in [1.82, 2.24) is 19.4 Å². The van der Waals surface area contributed by atoms with Crippen molar-refractivity contribution in [3.8, 4) is 6.01 Å². The van der Waals surface area contributed by atoms with Crippen molar-refractivity contribution in [2.75, 3.05) is 32.0 Å². The first-order chi connectivity index (χ1) is 17.7. The van der Waals surface area contributed by atoms with Gasteiger partial charge in [0.25, 0.3) is 0 Å². The second kappa shape index (κ2) is 12.4. The smallest absolute Gasteiger partial charge is 0.319 e. The lowest BCUT2D eigenvalue weighted by Gasteiger charge is -2.16. The van der Waals surface area contributed by atoms with Gasteiger partial charge < -0.3 is 24.9 Å². The minimum atomic E-state index is -1.20. The predicted octanol–water partition coefficient (Wildman–Crippen LogP) is 5.18. The second-order valence-corrected chi connectivity index (χ2v) is 16.9. The van der Waals surface area contributed by atoms with E-state index in [1.54, 1.807) is 0 Å². The standard InChI is InChI=1S/C28H43N5O3Si/c1-5-6-15-36-28-30-24-23(19-33(25(24)27(29)31-28)20-35-16-17-37(2,3)4)26(34)22-11-9-21(10-12-22)18-32-13-7-8-14-32/h9-12,19,26,34H,5-8,13-18,20H2,1-4H3,(H2,29,30,31). The molecule has 0 spiro atoms. The Morgan fingerprint density at radius 2 is 1.81 bits per heavy atom. The second-order valence-electron chi connectivity index (χ2n) is 11.3. The number of unbranched alkanes of at least 4 members (excludes halogenated alkanes) is 1. The first-order valence-corrected chi connectivity index (χ1v) is 17.3. The predicted molar refractivity (Wildman–Crippen MR) is 151 cm³/mol. The van der Waals surface area contributed by atoms with Crippen LogP contribution in [-0.2, 0) is 18.0 Å². The van der Waals surface area contributed by atoms with Gasteiger partial charge in [0.1, 0.15) is 23.9 Å². The molecule has 0 bridgehead atoms. The fourth-order valence-corrected chi connectivity index (χ4v) is 5.38. The van der Waals surface area contributed by atoms with Crippen LogP contribution in [0.1, 0.15) is 55.4 Å². The van der Waals surface area contributed by atoms with Gasteiger partial charge in [-0.15, -0.1) is 0 Å². The van der Waals surface area contributed by atoms with E-state index in [2.05, 4.69) is 53.6 Å². The number of benzene rings is 1. The zero-order chi connectivity index (χ0) is 26.4. The maximum Gasteiger partial charge on any atom is 0.319 e. The lowest BCUT2D eigenvalue weighted by molar-refractivity contribution is 0.0899. The number of fused-ring (bicyclic) bond motifs is 1. The fourth-order valence-electron chi connectivity index (χ4n) is 4.63. The zero-order valence-corrected chi connectivity index (χ0v) is 23.9. The molecule has 3 N–H and O–H groups in total. The van der Waals surface area contributed by atoms with E-state index in [1.807, 2.05) is 22.9 Å². The molecule has 1 saturated heterocycles. The number of nitrogen functional groups attached to an aromatic ring is 1. The molecule has 4 rings (SSSR count). The zero-order valence-electron chi connectivity index (χ0n) is 22.9. The third-order valence-corrected chi connectivity index (χ3v) is 8.60. The number of aliphatic hydroxyl groups is 1. The van der Waals surface area contributed by atoms with Gasteiger partial charge >= 0.3 is 6.01 Å². The number of nitrogens with zero attached hydrogens (tertiary/aromatic N) is 4. The maximum absolute atomic E-state index is 11.5. The highest BCUT2D eigenvalue weighted by Crippen LogP contribution is 2.33. The van der Waals surface area contributed by atoms with Crippen molar-refractivity contribution < 1.29 is 14.6 Å². The Labute approximate surface area is 221 Å². The lowest BCUT2D eigenvalue weighted by atomic mass is 10.0. The molecular weight excluding hydrogens is 482 g/mol. The Morgan fingerprint density at radius 3 is 2.49 bits per heavy atom. The summed E-state index contributed by atoms with van der Waals surface area (Å²) in [5.41, 5.74) is 10.4. The van der Waals surface area contributed by atoms with Gasteiger partial charge in [-0.2, -0.15) is 9.97 Å². The first-order valence-electron chi connectivity index (χ1n) is 13.6. The molecule has 1 unspecified atom stereocenters. The maximum atomic E-state index is 11.5. The van der Waals surface area contributed by atoms with Gasteiger partial charge in [-0.1, -0.05) is 57.3 Å². The van der Waals surface area contributed by atoms with Gasteiger partial charge in [-0.3, -0.25) is 4.90 Å². The Kier molecular flexibility index (Phi) is 9.23. The summed E-state index contributed by atoms with van der Waals surface area (Å²) in [4.78, 5) is 11.5. The molecule has 1 fully saturated rings. The lowest BCUT2D eigenvalue weighted by Crippen LogP contribution is -2.22. The third kappa shape index (κ3) is 7.31. The molecule has 3 aromatic rings. The first kappa shape index (κ1) is 27.6. The minimum Gasteiger partial charge on any atom is -0.463 e. The number of ether oxygens (including phenoxy) is 2. The number of hydrogen-bond donors (Lipinski definition) is 2. The van der Waals surface area contributed by atoms with Gasteiger partial charge in [-0.05, 0) is 49.5 Å². The SMILES string of the molecule is CCCCOc1nc(N)c2c(n1)c(C(O)c1ccc(CN3CCCC3)cc1)cn2COCC[Si](C)(C)C. The van der Waals surface area contributed by atoms with Crippen molar-refractivity contribution in [3.63, 3.8) is 0 Å².